The van der Waals surface area contributed by atoms with Gasteiger partial charge < -0.3 is 44.8 Å². The van der Waals surface area contributed by atoms with Crippen LogP contribution in [0.25, 0.3) is 0 Å². The van der Waals surface area contributed by atoms with E-state index in [-0.39, 0.29) is 114 Å². The Morgan fingerprint density at radius 1 is 0.784 bits per heavy atom. The third kappa shape index (κ3) is 13.8. The summed E-state index contributed by atoms with van der Waals surface area (Å²) in [4.78, 5) is 48.1. The number of nitrogens with one attached hydrogen (secondary N) is 2. The minimum atomic E-state index is -1.34. The number of benzene rings is 2. The van der Waals surface area contributed by atoms with E-state index in [2.05, 4.69) is 10.6 Å². The summed E-state index contributed by atoms with van der Waals surface area (Å²) < 4.78 is 10.7. The fourth-order valence-electron chi connectivity index (χ4n) is 3.06. The SMILES string of the molecule is CN(C)CC(CNC(=O)COc1cccc(C(=O)[O-])c1)CNC(=O)COc1cccc(C(=O)[O-])c1.[Na+].[Na+]. The van der Waals surface area contributed by atoms with E-state index < -0.39 is 23.8 Å². The topological polar surface area (TPSA) is 160 Å². The Morgan fingerprint density at radius 2 is 1.19 bits per heavy atom. The zero-order valence-electron chi connectivity index (χ0n) is 21.4. The first kappa shape index (κ1) is 34.9. The number of hydrogen-bond acceptors (Lipinski definition) is 9. The van der Waals surface area contributed by atoms with Gasteiger partial charge in [-0.05, 0) is 38.4 Å². The molecule has 0 aliphatic carbocycles. The molecule has 0 aliphatic rings. The van der Waals surface area contributed by atoms with E-state index >= 15 is 0 Å². The van der Waals surface area contributed by atoms with E-state index in [0.717, 1.165) is 0 Å². The van der Waals surface area contributed by atoms with Crippen LogP contribution in [-0.2, 0) is 9.59 Å². The summed E-state index contributed by atoms with van der Waals surface area (Å²) >= 11 is 0. The van der Waals surface area contributed by atoms with Crippen molar-refractivity contribution in [3.8, 4) is 11.5 Å². The zero-order chi connectivity index (χ0) is 25.8. The van der Waals surface area contributed by atoms with Crippen LogP contribution in [0.15, 0.2) is 48.5 Å². The molecule has 2 N–H and O–H groups in total. The van der Waals surface area contributed by atoms with Gasteiger partial charge in [0.15, 0.2) is 13.2 Å². The molecule has 0 aromatic heterocycles. The molecule has 0 spiro atoms. The normalized spacial score (nSPS) is 10.1. The van der Waals surface area contributed by atoms with Gasteiger partial charge in [-0.15, -0.1) is 0 Å². The third-order valence-corrected chi connectivity index (χ3v) is 4.68. The predicted octanol–water partition coefficient (Wildman–Crippen LogP) is -7.71. The molecule has 13 heteroatoms. The van der Waals surface area contributed by atoms with Crippen molar-refractivity contribution in [2.24, 2.45) is 5.92 Å². The molecule has 0 radical (unpaired) electrons. The maximum atomic E-state index is 12.2. The molecule has 0 saturated carbocycles. The van der Waals surface area contributed by atoms with E-state index in [1.807, 2.05) is 19.0 Å². The van der Waals surface area contributed by atoms with Crippen molar-refractivity contribution in [2.75, 3.05) is 46.9 Å². The number of carboxylic acid groups (broad SMARTS) is 2. The van der Waals surface area contributed by atoms with E-state index in [1.54, 1.807) is 0 Å². The van der Waals surface area contributed by atoms with Crippen molar-refractivity contribution in [1.29, 1.82) is 0 Å². The Labute approximate surface area is 259 Å². The molecule has 0 bridgehead atoms. The number of carboxylic acids is 2. The summed E-state index contributed by atoms with van der Waals surface area (Å²) in [7, 11) is 3.72. The standard InChI is InChI=1S/C24H29N3O8.2Na/c1-27(2)13-16(11-25-21(28)14-34-19-7-3-5-17(9-19)23(30)31)12-26-22(29)15-35-20-8-4-6-18(10-20)24(32)33;;/h3-10,16H,11-15H2,1-2H3,(H,25,28)(H,26,29)(H,30,31)(H,32,33);;/q;2*+1/p-2. The van der Waals surface area contributed by atoms with Gasteiger partial charge in [0, 0.05) is 36.7 Å². The molecule has 188 valence electrons. The number of carbonyl (C=O) groups is 4. The first-order valence-electron chi connectivity index (χ1n) is 10.7. The van der Waals surface area contributed by atoms with Gasteiger partial charge >= 0.3 is 59.1 Å². The Bertz CT molecular complexity index is 975. The van der Waals surface area contributed by atoms with E-state index in [0.29, 0.717) is 6.54 Å². The first-order chi connectivity index (χ1) is 16.6. The third-order valence-electron chi connectivity index (χ3n) is 4.68. The molecule has 0 atom stereocenters. The van der Waals surface area contributed by atoms with E-state index in [1.165, 1.54) is 48.5 Å². The second kappa shape index (κ2) is 18.2. The minimum Gasteiger partial charge on any atom is -0.545 e. The summed E-state index contributed by atoms with van der Waals surface area (Å²) in [5.74, 6) is -3.17. The second-order valence-corrected chi connectivity index (χ2v) is 7.94. The summed E-state index contributed by atoms with van der Waals surface area (Å²) in [6, 6.07) is 11.3. The van der Waals surface area contributed by atoms with E-state index in [4.69, 9.17) is 9.47 Å². The Balaban J connectivity index is 0.00000648. The molecule has 0 saturated heterocycles. The molecule has 2 aromatic rings. The van der Waals surface area contributed by atoms with Crippen molar-refractivity contribution in [3.05, 3.63) is 59.7 Å². The first-order valence-corrected chi connectivity index (χ1v) is 10.7. The monoisotopic (exact) mass is 531 g/mol. The maximum absolute atomic E-state index is 12.2. The van der Waals surface area contributed by atoms with Gasteiger partial charge in [-0.25, -0.2) is 0 Å². The van der Waals surface area contributed by atoms with Gasteiger partial charge in [-0.3, -0.25) is 9.59 Å². The van der Waals surface area contributed by atoms with Crippen LogP contribution in [0.1, 0.15) is 20.7 Å². The Hall–Kier alpha value is -2.12. The van der Waals surface area contributed by atoms with Gasteiger partial charge in [0.2, 0.25) is 0 Å². The van der Waals surface area contributed by atoms with Gasteiger partial charge in [0.05, 0.1) is 11.9 Å². The predicted molar refractivity (Wildman–Crippen MR) is 121 cm³/mol. The number of carbonyl (C=O) groups excluding carboxylic acids is 4. The molecule has 0 unspecified atom stereocenters. The van der Waals surface area contributed by atoms with Crippen LogP contribution in [0.2, 0.25) is 0 Å². The fraction of sp³-hybridized carbons (Fsp3) is 0.333. The molecule has 0 heterocycles. The quantitative estimate of drug-likeness (QED) is 0.226. The van der Waals surface area contributed by atoms with Crippen LogP contribution in [0.3, 0.4) is 0 Å². The Morgan fingerprint density at radius 3 is 1.54 bits per heavy atom. The average Bonchev–Trinajstić information content (AvgIpc) is 2.83. The number of aromatic carboxylic acids is 2. The van der Waals surface area contributed by atoms with Crippen LogP contribution >= 0.6 is 0 Å². The van der Waals surface area contributed by atoms with E-state index in [9.17, 15) is 29.4 Å². The number of nitrogens with zero attached hydrogens (tertiary/aromatic N) is 1. The summed E-state index contributed by atoms with van der Waals surface area (Å²) in [6.07, 6.45) is 0. The molecule has 2 amide bonds. The summed E-state index contributed by atoms with van der Waals surface area (Å²) in [5, 5.41) is 27.3. The van der Waals surface area contributed by atoms with Crippen molar-refractivity contribution in [2.45, 2.75) is 0 Å². The van der Waals surface area contributed by atoms with Crippen LogP contribution in [-0.4, -0.2) is 75.6 Å². The number of amides is 2. The van der Waals surface area contributed by atoms with Crippen LogP contribution in [0.4, 0.5) is 0 Å². The van der Waals surface area contributed by atoms with Crippen LogP contribution < -0.4 is 89.4 Å². The molecule has 11 nitrogen and oxygen atoms in total. The molecular formula is C24H27N3Na2O8. The smallest absolute Gasteiger partial charge is 0.545 e. The summed E-state index contributed by atoms with van der Waals surface area (Å²) in [5.41, 5.74) is -0.111. The zero-order valence-corrected chi connectivity index (χ0v) is 25.4. The van der Waals surface area contributed by atoms with Crippen molar-refractivity contribution >= 4 is 23.8 Å². The fourth-order valence-corrected chi connectivity index (χ4v) is 3.06. The molecular weight excluding hydrogens is 504 g/mol. The molecule has 37 heavy (non-hydrogen) atoms. The number of rotatable bonds is 14. The average molecular weight is 531 g/mol. The molecule has 2 rings (SSSR count). The summed E-state index contributed by atoms with van der Waals surface area (Å²) in [6.45, 7) is 0.471. The molecule has 0 aliphatic heterocycles. The van der Waals surface area contributed by atoms with Gasteiger partial charge in [0.1, 0.15) is 11.5 Å². The van der Waals surface area contributed by atoms with Gasteiger partial charge in [-0.1, -0.05) is 24.3 Å². The van der Waals surface area contributed by atoms with Crippen LogP contribution in [0, 0.1) is 5.92 Å². The molecule has 0 fully saturated rings. The minimum absolute atomic E-state index is 0. The van der Waals surface area contributed by atoms with Gasteiger partial charge in [0.25, 0.3) is 11.8 Å². The molecule has 2 aromatic carbocycles. The largest absolute Gasteiger partial charge is 1.00 e. The van der Waals surface area contributed by atoms with Crippen molar-refractivity contribution in [3.63, 3.8) is 0 Å². The van der Waals surface area contributed by atoms with Crippen molar-refractivity contribution in [1.82, 2.24) is 15.5 Å². The second-order valence-electron chi connectivity index (χ2n) is 7.94. The van der Waals surface area contributed by atoms with Gasteiger partial charge in [-0.2, -0.15) is 0 Å². The Kier molecular flexibility index (Phi) is 17.1. The maximum Gasteiger partial charge on any atom is 1.00 e. The van der Waals surface area contributed by atoms with Crippen LogP contribution in [0.5, 0.6) is 11.5 Å². The number of ether oxygens (including phenoxy) is 2. The van der Waals surface area contributed by atoms with Crippen molar-refractivity contribution < 1.29 is 98.0 Å². The number of hydrogen-bond donors (Lipinski definition) is 2.